The highest BCUT2D eigenvalue weighted by Gasteiger charge is 2.45. The molecule has 1 heterocycles. The van der Waals surface area contributed by atoms with Crippen molar-refractivity contribution in [1.29, 1.82) is 0 Å². The van der Waals surface area contributed by atoms with E-state index in [2.05, 4.69) is 0 Å². The lowest BCUT2D eigenvalue weighted by molar-refractivity contribution is -0.144. The number of carbonyl (C=O) groups excluding carboxylic acids is 2. The molecule has 5 nitrogen and oxygen atoms in total. The van der Waals surface area contributed by atoms with Gasteiger partial charge in [0.2, 0.25) is 5.91 Å². The van der Waals surface area contributed by atoms with E-state index in [1.165, 1.54) is 19.2 Å². The van der Waals surface area contributed by atoms with Crippen LogP contribution in [0, 0.1) is 0 Å². The van der Waals surface area contributed by atoms with Gasteiger partial charge in [-0.05, 0) is 36.2 Å². The van der Waals surface area contributed by atoms with E-state index in [1.54, 1.807) is 12.1 Å². The Hall–Kier alpha value is -2.68. The van der Waals surface area contributed by atoms with E-state index in [4.69, 9.17) is 9.47 Å². The molecule has 0 radical (unpaired) electrons. The molecule has 2 atom stereocenters. The number of hydrogen-bond donors (Lipinski definition) is 0. The van der Waals surface area contributed by atoms with Crippen LogP contribution in [0.5, 0.6) is 5.75 Å². The second-order valence-corrected chi connectivity index (χ2v) is 7.99. The van der Waals surface area contributed by atoms with Crippen LogP contribution >= 0.6 is 11.8 Å². The van der Waals surface area contributed by atoms with Gasteiger partial charge in [-0.15, -0.1) is 11.8 Å². The van der Waals surface area contributed by atoms with Gasteiger partial charge in [0.25, 0.3) is 0 Å². The molecule has 2 amide bonds. The Labute approximate surface area is 176 Å². The molecular weight excluding hydrogens is 419 g/mol. The van der Waals surface area contributed by atoms with Crippen LogP contribution in [0.25, 0.3) is 0 Å². The van der Waals surface area contributed by atoms with Gasteiger partial charge in [0.15, 0.2) is 0 Å². The molecule has 9 heteroatoms. The van der Waals surface area contributed by atoms with Gasteiger partial charge in [0.1, 0.15) is 17.6 Å². The summed E-state index contributed by atoms with van der Waals surface area (Å²) >= 11 is 0.528. The number of nitrogens with zero attached hydrogens (tertiary/aromatic N) is 1. The summed E-state index contributed by atoms with van der Waals surface area (Å²) in [6.07, 6.45) is -6.07. The third kappa shape index (κ3) is 5.47. The Bertz CT molecular complexity index is 874. The van der Waals surface area contributed by atoms with Crippen molar-refractivity contribution in [1.82, 2.24) is 4.90 Å². The number of methoxy groups -OCH3 is 1. The summed E-state index contributed by atoms with van der Waals surface area (Å²) in [5, 5.41) is -2.00. The Kier molecular flexibility index (Phi) is 6.91. The number of hydrogen-bond acceptors (Lipinski definition) is 5. The highest BCUT2D eigenvalue weighted by molar-refractivity contribution is 8.00. The van der Waals surface area contributed by atoms with Crippen molar-refractivity contribution < 1.29 is 32.2 Å². The Balaban J connectivity index is 1.72. The van der Waals surface area contributed by atoms with E-state index in [9.17, 15) is 22.8 Å². The monoisotopic (exact) mass is 439 g/mol. The number of cyclic esters (lactones) is 1. The van der Waals surface area contributed by atoms with Gasteiger partial charge in [0.05, 0.1) is 13.2 Å². The fourth-order valence-electron chi connectivity index (χ4n) is 3.10. The summed E-state index contributed by atoms with van der Waals surface area (Å²) in [7, 11) is 1.46. The van der Waals surface area contributed by atoms with Crippen molar-refractivity contribution in [3.8, 4) is 5.75 Å². The van der Waals surface area contributed by atoms with Crippen molar-refractivity contribution in [3.63, 3.8) is 0 Å². The van der Waals surface area contributed by atoms with Crippen molar-refractivity contribution in [3.05, 3.63) is 60.2 Å². The van der Waals surface area contributed by atoms with Crippen LogP contribution in [-0.4, -0.2) is 48.1 Å². The number of benzene rings is 2. The third-order valence-corrected chi connectivity index (χ3v) is 5.87. The van der Waals surface area contributed by atoms with E-state index in [0.717, 1.165) is 10.5 Å². The van der Waals surface area contributed by atoms with E-state index >= 15 is 0 Å². The number of halogens is 3. The predicted octanol–water partition coefficient (Wildman–Crippen LogP) is 4.70. The lowest BCUT2D eigenvalue weighted by Crippen LogP contribution is -2.43. The number of amides is 2. The van der Waals surface area contributed by atoms with E-state index in [1.807, 2.05) is 30.3 Å². The van der Waals surface area contributed by atoms with Gasteiger partial charge in [0, 0.05) is 11.3 Å². The molecule has 1 aliphatic rings. The highest BCUT2D eigenvalue weighted by Crippen LogP contribution is 2.38. The molecule has 1 saturated heterocycles. The molecule has 0 spiro atoms. The second-order valence-electron chi connectivity index (χ2n) is 6.71. The number of ether oxygens (including phenoxy) is 2. The average Bonchev–Trinajstić information content (AvgIpc) is 3.08. The first-order valence-corrected chi connectivity index (χ1v) is 10.1. The molecule has 0 N–H and O–H groups in total. The van der Waals surface area contributed by atoms with Gasteiger partial charge in [-0.2, -0.15) is 13.2 Å². The number of rotatable bonds is 7. The van der Waals surface area contributed by atoms with Crippen LogP contribution < -0.4 is 4.74 Å². The normalized spacial score (nSPS) is 17.5. The average molecular weight is 439 g/mol. The van der Waals surface area contributed by atoms with Gasteiger partial charge >= 0.3 is 12.3 Å². The number of imide groups is 1. The Morgan fingerprint density at radius 2 is 1.87 bits per heavy atom. The molecule has 0 aliphatic carbocycles. The van der Waals surface area contributed by atoms with Gasteiger partial charge in [-0.25, -0.2) is 9.69 Å². The topological polar surface area (TPSA) is 55.8 Å². The molecule has 3 rings (SSSR count). The molecule has 0 aromatic heterocycles. The summed E-state index contributed by atoms with van der Waals surface area (Å²) in [4.78, 5) is 25.9. The predicted molar refractivity (Wildman–Crippen MR) is 105 cm³/mol. The minimum Gasteiger partial charge on any atom is -0.497 e. The maximum Gasteiger partial charge on any atom is 0.416 e. The van der Waals surface area contributed by atoms with Crippen molar-refractivity contribution in [2.75, 3.05) is 13.7 Å². The Morgan fingerprint density at radius 3 is 2.47 bits per heavy atom. The fraction of sp³-hybridized carbons (Fsp3) is 0.333. The zero-order valence-electron chi connectivity index (χ0n) is 16.1. The standard InChI is InChI=1S/C21H20F3NO4S/c1-28-16-7-9-17(10-8-16)30-18(21(22,23)24)12-19(26)25-15(13-29-20(25)27)11-14-5-3-2-4-6-14/h2-10,15,18H,11-13H2,1H3/t15-,18+/m0/s1. The van der Waals surface area contributed by atoms with Gasteiger partial charge in [-0.3, -0.25) is 4.79 Å². The maximum absolute atomic E-state index is 13.6. The minimum atomic E-state index is -4.63. The molecule has 2 aromatic rings. The first kappa shape index (κ1) is 22.0. The lowest BCUT2D eigenvalue weighted by Gasteiger charge is -2.24. The minimum absolute atomic E-state index is 0.0399. The second kappa shape index (κ2) is 9.42. The summed E-state index contributed by atoms with van der Waals surface area (Å²) in [6.45, 7) is -0.0399. The molecule has 1 fully saturated rings. The highest BCUT2D eigenvalue weighted by atomic mass is 32.2. The smallest absolute Gasteiger partial charge is 0.416 e. The van der Waals surface area contributed by atoms with Gasteiger partial charge in [-0.1, -0.05) is 30.3 Å². The zero-order valence-corrected chi connectivity index (χ0v) is 16.9. The number of alkyl halides is 3. The summed E-state index contributed by atoms with van der Waals surface area (Å²) in [5.41, 5.74) is 0.860. The molecule has 1 aliphatic heterocycles. The first-order valence-electron chi connectivity index (χ1n) is 9.18. The van der Waals surface area contributed by atoms with E-state index in [0.29, 0.717) is 28.8 Å². The molecule has 0 bridgehead atoms. The third-order valence-electron chi connectivity index (χ3n) is 4.61. The Morgan fingerprint density at radius 1 is 1.20 bits per heavy atom. The molecule has 2 aromatic carbocycles. The first-order chi connectivity index (χ1) is 14.3. The quantitative estimate of drug-likeness (QED) is 0.586. The summed E-state index contributed by atoms with van der Waals surface area (Å²) in [6, 6.07) is 14.5. The SMILES string of the molecule is COc1ccc(S[C@H](CC(=O)N2C(=O)OC[C@@H]2Cc2ccccc2)C(F)(F)F)cc1. The van der Waals surface area contributed by atoms with Crippen molar-refractivity contribution in [2.45, 2.75) is 35.2 Å². The maximum atomic E-state index is 13.6. The molecule has 160 valence electrons. The molecule has 0 unspecified atom stereocenters. The number of carbonyl (C=O) groups is 2. The van der Waals surface area contributed by atoms with Crippen LogP contribution in [-0.2, 0) is 16.0 Å². The lowest BCUT2D eigenvalue weighted by atomic mass is 10.1. The van der Waals surface area contributed by atoms with Gasteiger partial charge < -0.3 is 9.47 Å². The van der Waals surface area contributed by atoms with E-state index in [-0.39, 0.29) is 6.61 Å². The van der Waals surface area contributed by atoms with E-state index < -0.39 is 35.9 Å². The van der Waals surface area contributed by atoms with Crippen LogP contribution in [0.3, 0.4) is 0 Å². The van der Waals surface area contributed by atoms with Crippen molar-refractivity contribution in [2.24, 2.45) is 0 Å². The van der Waals surface area contributed by atoms with Crippen LogP contribution in [0.2, 0.25) is 0 Å². The fourth-order valence-corrected chi connectivity index (χ4v) is 4.08. The summed E-state index contributed by atoms with van der Waals surface area (Å²) < 4.78 is 50.8. The zero-order chi connectivity index (χ0) is 21.7. The molecule has 30 heavy (non-hydrogen) atoms. The molecular formula is C21H20F3NO4S. The number of thioether (sulfide) groups is 1. The molecule has 0 saturated carbocycles. The van der Waals surface area contributed by atoms with Crippen molar-refractivity contribution >= 4 is 23.8 Å². The summed E-state index contributed by atoms with van der Waals surface area (Å²) in [5.74, 6) is -0.385. The van der Waals surface area contributed by atoms with Crippen LogP contribution in [0.4, 0.5) is 18.0 Å². The largest absolute Gasteiger partial charge is 0.497 e. The van der Waals surface area contributed by atoms with Crippen LogP contribution in [0.15, 0.2) is 59.5 Å². The van der Waals surface area contributed by atoms with Crippen LogP contribution in [0.1, 0.15) is 12.0 Å².